The van der Waals surface area contributed by atoms with Crippen LogP contribution in [0, 0.1) is 10.7 Å². The summed E-state index contributed by atoms with van der Waals surface area (Å²) in [6.07, 6.45) is 0. The average Bonchev–Trinajstić information content (AvgIpc) is 2.27. The quantitative estimate of drug-likeness (QED) is 0.615. The summed E-state index contributed by atoms with van der Waals surface area (Å²) < 4.78 is 17.7. The molecule has 1 aromatic carbocycles. The molecule has 15 heavy (non-hydrogen) atoms. The van der Waals surface area contributed by atoms with Crippen molar-refractivity contribution in [1.29, 1.82) is 0 Å². The van der Waals surface area contributed by atoms with E-state index in [1.165, 1.54) is 7.05 Å². The van der Waals surface area contributed by atoms with Crippen molar-refractivity contribution >= 4 is 17.3 Å². The van der Waals surface area contributed by atoms with E-state index in [0.717, 1.165) is 19.2 Å². The molecule has 0 unspecified atom stereocenters. The molecule has 0 aromatic heterocycles. The standard InChI is InChI=1S/C9H9FN2O3/c1-11-7-4-6(10)5(9(13)15-2)3-8(7)12-14/h3-4,11H,1-2H3. The van der Waals surface area contributed by atoms with Gasteiger partial charge in [0.05, 0.1) is 18.4 Å². The number of ether oxygens (including phenoxy) is 1. The molecule has 0 amide bonds. The van der Waals surface area contributed by atoms with Gasteiger partial charge in [0, 0.05) is 13.1 Å². The minimum Gasteiger partial charge on any atom is -0.465 e. The maximum Gasteiger partial charge on any atom is 0.340 e. The van der Waals surface area contributed by atoms with Crippen LogP contribution in [0.15, 0.2) is 17.3 Å². The molecule has 6 heteroatoms. The monoisotopic (exact) mass is 212 g/mol. The zero-order chi connectivity index (χ0) is 11.4. The predicted molar refractivity (Wildman–Crippen MR) is 52.7 cm³/mol. The molecule has 0 aliphatic carbocycles. The molecule has 0 saturated carbocycles. The van der Waals surface area contributed by atoms with Crippen LogP contribution in [0.1, 0.15) is 10.4 Å². The van der Waals surface area contributed by atoms with Gasteiger partial charge in [-0.25, -0.2) is 9.18 Å². The van der Waals surface area contributed by atoms with Crippen molar-refractivity contribution in [2.75, 3.05) is 19.5 Å². The molecule has 0 aliphatic heterocycles. The van der Waals surface area contributed by atoms with E-state index in [4.69, 9.17) is 0 Å². The Labute approximate surface area is 85.2 Å². The van der Waals surface area contributed by atoms with Crippen molar-refractivity contribution < 1.29 is 13.9 Å². The van der Waals surface area contributed by atoms with Crippen LogP contribution in [-0.4, -0.2) is 20.1 Å². The summed E-state index contributed by atoms with van der Waals surface area (Å²) in [5.41, 5.74) is -0.138. The van der Waals surface area contributed by atoms with E-state index in [1.807, 2.05) is 0 Å². The number of rotatable bonds is 3. The number of carbonyl (C=O) groups excluding carboxylic acids is 1. The first-order valence-corrected chi connectivity index (χ1v) is 4.07. The molecule has 80 valence electrons. The average molecular weight is 212 g/mol. The van der Waals surface area contributed by atoms with Crippen LogP contribution in [0.25, 0.3) is 0 Å². The fourth-order valence-corrected chi connectivity index (χ4v) is 1.10. The highest BCUT2D eigenvalue weighted by molar-refractivity contribution is 5.92. The van der Waals surface area contributed by atoms with Gasteiger partial charge in [-0.2, -0.15) is 0 Å². The normalized spacial score (nSPS) is 9.53. The van der Waals surface area contributed by atoms with Gasteiger partial charge in [-0.1, -0.05) is 0 Å². The lowest BCUT2D eigenvalue weighted by molar-refractivity contribution is 0.0595. The van der Waals surface area contributed by atoms with Gasteiger partial charge in [0.2, 0.25) is 0 Å². The number of benzene rings is 1. The van der Waals surface area contributed by atoms with Gasteiger partial charge in [-0.3, -0.25) is 0 Å². The molecule has 0 radical (unpaired) electrons. The Kier molecular flexibility index (Phi) is 3.33. The number of anilines is 1. The van der Waals surface area contributed by atoms with Crippen LogP contribution in [-0.2, 0) is 4.74 Å². The Bertz CT molecular complexity index is 407. The van der Waals surface area contributed by atoms with Gasteiger partial charge in [0.25, 0.3) is 0 Å². The Morgan fingerprint density at radius 2 is 2.20 bits per heavy atom. The second-order valence-electron chi connectivity index (χ2n) is 2.68. The van der Waals surface area contributed by atoms with Gasteiger partial charge < -0.3 is 10.1 Å². The number of methoxy groups -OCH3 is 1. The van der Waals surface area contributed by atoms with E-state index in [0.29, 0.717) is 0 Å². The Morgan fingerprint density at radius 3 is 2.67 bits per heavy atom. The smallest absolute Gasteiger partial charge is 0.340 e. The SMILES string of the molecule is CNc1cc(F)c(C(=O)OC)cc1N=O. The molecule has 0 atom stereocenters. The van der Waals surface area contributed by atoms with Crippen molar-refractivity contribution in [2.45, 2.75) is 0 Å². The second kappa shape index (κ2) is 4.50. The molecule has 0 bridgehead atoms. The van der Waals surface area contributed by atoms with Crippen LogP contribution >= 0.6 is 0 Å². The molecule has 1 rings (SSSR count). The third-order valence-corrected chi connectivity index (χ3v) is 1.86. The molecule has 0 aliphatic rings. The fourth-order valence-electron chi connectivity index (χ4n) is 1.10. The van der Waals surface area contributed by atoms with E-state index >= 15 is 0 Å². The van der Waals surface area contributed by atoms with Crippen LogP contribution < -0.4 is 5.32 Å². The number of esters is 1. The minimum absolute atomic E-state index is 0.0423. The summed E-state index contributed by atoms with van der Waals surface area (Å²) in [6.45, 7) is 0. The van der Waals surface area contributed by atoms with E-state index in [2.05, 4.69) is 15.2 Å². The summed E-state index contributed by atoms with van der Waals surface area (Å²) in [7, 11) is 2.64. The number of halogens is 1. The lowest BCUT2D eigenvalue weighted by Gasteiger charge is -2.06. The van der Waals surface area contributed by atoms with Crippen molar-refractivity contribution in [3.8, 4) is 0 Å². The van der Waals surface area contributed by atoms with Crippen molar-refractivity contribution in [2.24, 2.45) is 5.18 Å². The Hall–Kier alpha value is -1.98. The van der Waals surface area contributed by atoms with Crippen LogP contribution in [0.2, 0.25) is 0 Å². The maximum atomic E-state index is 13.3. The molecule has 5 nitrogen and oxygen atoms in total. The molecule has 0 fully saturated rings. The molecular formula is C9H9FN2O3. The van der Waals surface area contributed by atoms with E-state index in [9.17, 15) is 14.1 Å². The molecule has 1 N–H and O–H groups in total. The van der Waals surface area contributed by atoms with E-state index in [-0.39, 0.29) is 16.9 Å². The first-order chi connectivity index (χ1) is 7.13. The van der Waals surface area contributed by atoms with E-state index in [1.54, 1.807) is 0 Å². The molecule has 0 saturated heterocycles. The topological polar surface area (TPSA) is 67.8 Å². The van der Waals surface area contributed by atoms with Gasteiger partial charge in [-0.05, 0) is 11.2 Å². The summed E-state index contributed by atoms with van der Waals surface area (Å²) in [5, 5.41) is 5.26. The highest BCUT2D eigenvalue weighted by Crippen LogP contribution is 2.28. The molecule has 0 heterocycles. The minimum atomic E-state index is -0.847. The fraction of sp³-hybridized carbons (Fsp3) is 0.222. The maximum absolute atomic E-state index is 13.3. The highest BCUT2D eigenvalue weighted by Gasteiger charge is 2.16. The number of nitrogens with zero attached hydrogens (tertiary/aromatic N) is 1. The van der Waals surface area contributed by atoms with Gasteiger partial charge in [0.15, 0.2) is 0 Å². The van der Waals surface area contributed by atoms with E-state index < -0.39 is 11.8 Å². The van der Waals surface area contributed by atoms with Crippen LogP contribution in [0.4, 0.5) is 15.8 Å². The number of hydrogen-bond donors (Lipinski definition) is 1. The largest absolute Gasteiger partial charge is 0.465 e. The molecular weight excluding hydrogens is 203 g/mol. The lowest BCUT2D eigenvalue weighted by atomic mass is 10.1. The number of carbonyl (C=O) groups is 1. The molecule has 0 spiro atoms. The zero-order valence-electron chi connectivity index (χ0n) is 8.20. The Balaban J connectivity index is 3.31. The highest BCUT2D eigenvalue weighted by atomic mass is 19.1. The van der Waals surface area contributed by atoms with Crippen molar-refractivity contribution in [3.63, 3.8) is 0 Å². The molecule has 1 aromatic rings. The first kappa shape index (κ1) is 11.1. The number of hydrogen-bond acceptors (Lipinski definition) is 5. The third-order valence-electron chi connectivity index (χ3n) is 1.86. The van der Waals surface area contributed by atoms with Gasteiger partial charge in [0.1, 0.15) is 11.5 Å². The van der Waals surface area contributed by atoms with Crippen LogP contribution in [0.5, 0.6) is 0 Å². The lowest BCUT2D eigenvalue weighted by Crippen LogP contribution is -2.05. The van der Waals surface area contributed by atoms with Crippen molar-refractivity contribution in [3.05, 3.63) is 28.4 Å². The Morgan fingerprint density at radius 1 is 1.53 bits per heavy atom. The van der Waals surface area contributed by atoms with Gasteiger partial charge >= 0.3 is 5.97 Å². The number of nitrogens with one attached hydrogen (secondary N) is 1. The second-order valence-corrected chi connectivity index (χ2v) is 2.68. The third kappa shape index (κ3) is 2.09. The summed E-state index contributed by atoms with van der Waals surface area (Å²) in [6, 6.07) is 2.06. The van der Waals surface area contributed by atoms with Gasteiger partial charge in [-0.15, -0.1) is 4.91 Å². The van der Waals surface area contributed by atoms with Crippen molar-refractivity contribution in [1.82, 2.24) is 0 Å². The summed E-state index contributed by atoms with van der Waals surface area (Å²) in [5.74, 6) is -1.61. The number of nitroso groups, excluding NO2 is 1. The zero-order valence-corrected chi connectivity index (χ0v) is 8.20. The predicted octanol–water partition coefficient (Wildman–Crippen LogP) is 2.05. The summed E-state index contributed by atoms with van der Waals surface area (Å²) >= 11 is 0. The van der Waals surface area contributed by atoms with Crippen LogP contribution in [0.3, 0.4) is 0 Å². The first-order valence-electron chi connectivity index (χ1n) is 4.07. The summed E-state index contributed by atoms with van der Waals surface area (Å²) in [4.78, 5) is 21.5.